The van der Waals surface area contributed by atoms with Crippen LogP contribution in [0.3, 0.4) is 0 Å². The lowest BCUT2D eigenvalue weighted by molar-refractivity contribution is 0.296. The van der Waals surface area contributed by atoms with Gasteiger partial charge in [-0.1, -0.05) is 29.8 Å². The highest BCUT2D eigenvalue weighted by molar-refractivity contribution is 9.10. The molecule has 0 fully saturated rings. The number of hydrogen-bond donors (Lipinski definition) is 2. The van der Waals surface area contributed by atoms with Gasteiger partial charge >= 0.3 is 0 Å². The lowest BCUT2D eigenvalue weighted by atomic mass is 10.2. The lowest BCUT2D eigenvalue weighted by Gasteiger charge is -2.12. The van der Waals surface area contributed by atoms with Crippen LogP contribution in [0.1, 0.15) is 25.8 Å². The van der Waals surface area contributed by atoms with Crippen LogP contribution in [0.2, 0.25) is 0 Å². The van der Waals surface area contributed by atoms with Gasteiger partial charge < -0.3 is 10.4 Å². The van der Waals surface area contributed by atoms with E-state index in [1.54, 1.807) is 0 Å². The fraction of sp³-hybridized carbons (Fsp3) is 0.538. The summed E-state index contributed by atoms with van der Waals surface area (Å²) in [6.45, 7) is 5.45. The first-order valence-electron chi connectivity index (χ1n) is 5.89. The van der Waals surface area contributed by atoms with E-state index < -0.39 is 0 Å². The number of benzene rings is 1. The number of thioether (sulfide) groups is 1. The van der Waals surface area contributed by atoms with E-state index in [9.17, 15) is 0 Å². The number of aliphatic hydroxyl groups excluding tert-OH is 1. The molecule has 0 aromatic heterocycles. The molecule has 0 saturated carbocycles. The summed E-state index contributed by atoms with van der Waals surface area (Å²) >= 11 is 5.32. The second kappa shape index (κ2) is 8.14. The first kappa shape index (κ1) is 15.0. The van der Waals surface area contributed by atoms with Gasteiger partial charge in [-0.3, -0.25) is 0 Å². The molecular weight excluding hydrogens is 298 g/mol. The van der Waals surface area contributed by atoms with Gasteiger partial charge in [0.15, 0.2) is 0 Å². The molecule has 0 unspecified atom stereocenters. The van der Waals surface area contributed by atoms with Crippen LogP contribution in [-0.2, 0) is 6.54 Å². The van der Waals surface area contributed by atoms with Gasteiger partial charge in [-0.15, -0.1) is 11.8 Å². The van der Waals surface area contributed by atoms with E-state index in [-0.39, 0.29) is 6.61 Å². The first-order valence-corrected chi connectivity index (χ1v) is 7.67. The molecular formula is C13H20BrNOS. The zero-order valence-corrected chi connectivity index (χ0v) is 12.8. The van der Waals surface area contributed by atoms with E-state index in [2.05, 4.69) is 53.3 Å². The molecule has 0 atom stereocenters. The minimum atomic E-state index is 0.267. The van der Waals surface area contributed by atoms with E-state index >= 15 is 0 Å². The van der Waals surface area contributed by atoms with E-state index in [1.807, 2.05) is 11.8 Å². The van der Waals surface area contributed by atoms with Crippen molar-refractivity contribution in [3.63, 3.8) is 0 Å². The van der Waals surface area contributed by atoms with E-state index in [1.165, 1.54) is 10.5 Å². The molecule has 0 bridgehead atoms. The second-order valence-corrected chi connectivity index (χ2v) is 6.27. The Kier molecular flexibility index (Phi) is 7.19. The van der Waals surface area contributed by atoms with Crippen molar-refractivity contribution in [1.82, 2.24) is 5.32 Å². The molecule has 0 spiro atoms. The quantitative estimate of drug-likeness (QED) is 0.597. The molecule has 1 aromatic rings. The zero-order chi connectivity index (χ0) is 12.7. The van der Waals surface area contributed by atoms with Crippen molar-refractivity contribution < 1.29 is 5.11 Å². The van der Waals surface area contributed by atoms with Crippen LogP contribution < -0.4 is 5.32 Å². The summed E-state index contributed by atoms with van der Waals surface area (Å²) in [6.07, 6.45) is 0.845. The van der Waals surface area contributed by atoms with Gasteiger partial charge in [-0.25, -0.2) is 0 Å². The fourth-order valence-corrected chi connectivity index (χ4v) is 2.77. The van der Waals surface area contributed by atoms with Gasteiger partial charge in [0, 0.05) is 34.3 Å². The summed E-state index contributed by atoms with van der Waals surface area (Å²) in [6, 6.07) is 6.87. The third-order valence-corrected chi connectivity index (χ3v) is 3.98. The fourth-order valence-electron chi connectivity index (χ4n) is 1.39. The third-order valence-electron chi connectivity index (χ3n) is 2.28. The molecule has 0 amide bonds. The number of halogens is 1. The predicted molar refractivity (Wildman–Crippen MR) is 78.5 cm³/mol. The molecule has 0 aliphatic rings. The van der Waals surface area contributed by atoms with Crippen molar-refractivity contribution in [3.8, 4) is 0 Å². The summed E-state index contributed by atoms with van der Waals surface area (Å²) in [4.78, 5) is 1.30. The standard InChI is InChI=1S/C13H20BrNOS/c1-10(2)15-9-11-8-12(14)4-5-13(11)17-7-3-6-16/h4-5,8,10,15-16H,3,6-7,9H2,1-2H3. The smallest absolute Gasteiger partial charge is 0.0439 e. The Balaban J connectivity index is 2.66. The monoisotopic (exact) mass is 317 g/mol. The van der Waals surface area contributed by atoms with Crippen LogP contribution in [0.15, 0.2) is 27.6 Å². The Morgan fingerprint density at radius 1 is 1.41 bits per heavy atom. The normalized spacial score (nSPS) is 11.1. The van der Waals surface area contributed by atoms with Gasteiger partial charge in [0.05, 0.1) is 0 Å². The summed E-state index contributed by atoms with van der Waals surface area (Å²) in [5, 5.41) is 12.2. The van der Waals surface area contributed by atoms with Gasteiger partial charge in [0.1, 0.15) is 0 Å². The summed E-state index contributed by atoms with van der Waals surface area (Å²) < 4.78 is 1.12. The predicted octanol–water partition coefficient (Wildman–Crippen LogP) is 3.42. The van der Waals surface area contributed by atoms with Crippen molar-refractivity contribution >= 4 is 27.7 Å². The Morgan fingerprint density at radius 2 is 2.18 bits per heavy atom. The maximum Gasteiger partial charge on any atom is 0.0439 e. The Labute approximate surface area is 116 Å². The van der Waals surface area contributed by atoms with Crippen molar-refractivity contribution in [2.45, 2.75) is 37.8 Å². The Hall–Kier alpha value is -0.0300. The average Bonchev–Trinajstić information content (AvgIpc) is 2.29. The number of nitrogens with one attached hydrogen (secondary N) is 1. The minimum absolute atomic E-state index is 0.267. The molecule has 1 aromatic carbocycles. The maximum atomic E-state index is 8.80. The molecule has 17 heavy (non-hydrogen) atoms. The number of rotatable bonds is 7. The van der Waals surface area contributed by atoms with Crippen molar-refractivity contribution in [2.24, 2.45) is 0 Å². The molecule has 2 nitrogen and oxygen atoms in total. The second-order valence-electron chi connectivity index (χ2n) is 4.21. The molecule has 96 valence electrons. The molecule has 2 N–H and O–H groups in total. The summed E-state index contributed by atoms with van der Waals surface area (Å²) in [7, 11) is 0. The Bertz CT molecular complexity index is 344. The van der Waals surface area contributed by atoms with Crippen LogP contribution >= 0.6 is 27.7 Å². The van der Waals surface area contributed by atoms with Crippen molar-refractivity contribution in [1.29, 1.82) is 0 Å². The van der Waals surface area contributed by atoms with Crippen LogP contribution in [0, 0.1) is 0 Å². The van der Waals surface area contributed by atoms with Gasteiger partial charge in [0.25, 0.3) is 0 Å². The SMILES string of the molecule is CC(C)NCc1cc(Br)ccc1SCCCO. The summed E-state index contributed by atoms with van der Waals surface area (Å²) in [5.41, 5.74) is 1.32. The molecule has 0 aliphatic heterocycles. The Morgan fingerprint density at radius 3 is 2.82 bits per heavy atom. The highest BCUT2D eigenvalue weighted by atomic mass is 79.9. The number of hydrogen-bond acceptors (Lipinski definition) is 3. The van der Waals surface area contributed by atoms with E-state index in [4.69, 9.17) is 5.11 Å². The van der Waals surface area contributed by atoms with Crippen LogP contribution in [0.5, 0.6) is 0 Å². The van der Waals surface area contributed by atoms with Gasteiger partial charge in [0.2, 0.25) is 0 Å². The van der Waals surface area contributed by atoms with Crippen LogP contribution in [-0.4, -0.2) is 23.5 Å². The average molecular weight is 318 g/mol. The van der Waals surface area contributed by atoms with Gasteiger partial charge in [-0.2, -0.15) is 0 Å². The maximum absolute atomic E-state index is 8.80. The third kappa shape index (κ3) is 5.91. The molecule has 0 aliphatic carbocycles. The number of aliphatic hydroxyl groups is 1. The van der Waals surface area contributed by atoms with E-state index in [0.29, 0.717) is 6.04 Å². The minimum Gasteiger partial charge on any atom is -0.396 e. The van der Waals surface area contributed by atoms with E-state index in [0.717, 1.165) is 23.2 Å². The topological polar surface area (TPSA) is 32.3 Å². The molecule has 1 rings (SSSR count). The highest BCUT2D eigenvalue weighted by Gasteiger charge is 2.04. The van der Waals surface area contributed by atoms with Crippen LogP contribution in [0.4, 0.5) is 0 Å². The zero-order valence-electron chi connectivity index (χ0n) is 10.4. The highest BCUT2D eigenvalue weighted by Crippen LogP contribution is 2.26. The van der Waals surface area contributed by atoms with Crippen LogP contribution in [0.25, 0.3) is 0 Å². The lowest BCUT2D eigenvalue weighted by Crippen LogP contribution is -2.22. The van der Waals surface area contributed by atoms with Gasteiger partial charge in [-0.05, 0) is 30.2 Å². The van der Waals surface area contributed by atoms with Crippen molar-refractivity contribution in [3.05, 3.63) is 28.2 Å². The molecule has 0 heterocycles. The molecule has 4 heteroatoms. The largest absolute Gasteiger partial charge is 0.396 e. The molecule has 0 radical (unpaired) electrons. The summed E-state index contributed by atoms with van der Waals surface area (Å²) in [5.74, 6) is 0.965. The molecule has 0 saturated heterocycles. The van der Waals surface area contributed by atoms with Crippen molar-refractivity contribution in [2.75, 3.05) is 12.4 Å². The first-order chi connectivity index (χ1) is 8.13.